The number of ether oxygens (including phenoxy) is 1. The number of halogens is 1. The third-order valence-electron chi connectivity index (χ3n) is 3.27. The van der Waals surface area contributed by atoms with Crippen LogP contribution >= 0.6 is 0 Å². The summed E-state index contributed by atoms with van der Waals surface area (Å²) >= 11 is 0. The molecule has 2 rings (SSSR count). The minimum absolute atomic E-state index is 0.00445. The summed E-state index contributed by atoms with van der Waals surface area (Å²) in [6, 6.07) is 5.70. The Kier molecular flexibility index (Phi) is 4.76. The van der Waals surface area contributed by atoms with Crippen molar-refractivity contribution >= 4 is 11.6 Å². The summed E-state index contributed by atoms with van der Waals surface area (Å²) in [5, 5.41) is 11.6. The number of carbonyl (C=O) groups excluding carboxylic acids is 1. The maximum absolute atomic E-state index is 13.8. The lowest BCUT2D eigenvalue weighted by molar-refractivity contribution is -0.125. The van der Waals surface area contributed by atoms with Crippen LogP contribution in [0.2, 0.25) is 0 Å². The van der Waals surface area contributed by atoms with Crippen LogP contribution in [0, 0.1) is 17.1 Å². The second-order valence-corrected chi connectivity index (χ2v) is 5.22. The summed E-state index contributed by atoms with van der Waals surface area (Å²) in [5.41, 5.74) is 0.578. The van der Waals surface area contributed by atoms with Crippen LogP contribution in [0.1, 0.15) is 19.4 Å². The first-order chi connectivity index (χ1) is 10.0. The van der Waals surface area contributed by atoms with Crippen molar-refractivity contribution in [2.75, 3.05) is 24.7 Å². The Hall–Kier alpha value is -2.13. The molecule has 21 heavy (non-hydrogen) atoms. The number of carbonyl (C=O) groups is 1. The molecular formula is C15H18FN3O2. The van der Waals surface area contributed by atoms with Gasteiger partial charge in [0.25, 0.3) is 0 Å². The maximum Gasteiger partial charge on any atom is 0.245 e. The molecule has 6 heteroatoms. The number of nitriles is 1. The first-order valence-electron chi connectivity index (χ1n) is 6.87. The van der Waals surface area contributed by atoms with Crippen molar-refractivity contribution in [2.24, 2.45) is 0 Å². The number of nitrogens with one attached hydrogen (secondary N) is 1. The number of hydrogen-bond donors (Lipinski definition) is 1. The van der Waals surface area contributed by atoms with E-state index in [1.54, 1.807) is 12.1 Å². The van der Waals surface area contributed by atoms with E-state index in [1.165, 1.54) is 12.1 Å². The molecule has 0 spiro atoms. The molecule has 5 nitrogen and oxygen atoms in total. The molecule has 1 unspecified atom stereocenters. The number of hydrogen-bond acceptors (Lipinski definition) is 4. The monoisotopic (exact) mass is 291 g/mol. The highest BCUT2D eigenvalue weighted by molar-refractivity contribution is 5.85. The van der Waals surface area contributed by atoms with Gasteiger partial charge in [-0.3, -0.25) is 4.79 Å². The highest BCUT2D eigenvalue weighted by atomic mass is 19.1. The molecule has 0 aliphatic carbocycles. The fourth-order valence-electron chi connectivity index (χ4n) is 2.28. The Labute approximate surface area is 123 Å². The summed E-state index contributed by atoms with van der Waals surface area (Å²) in [6.07, 6.45) is 0. The molecule has 1 aromatic rings. The van der Waals surface area contributed by atoms with Crippen LogP contribution in [0.3, 0.4) is 0 Å². The van der Waals surface area contributed by atoms with Crippen molar-refractivity contribution in [3.05, 3.63) is 29.6 Å². The molecule has 0 saturated carbocycles. The predicted octanol–water partition coefficient (Wildman–Crippen LogP) is 1.43. The number of anilines is 1. The lowest BCUT2D eigenvalue weighted by Crippen LogP contribution is -2.55. The van der Waals surface area contributed by atoms with E-state index in [9.17, 15) is 9.18 Å². The van der Waals surface area contributed by atoms with Crippen molar-refractivity contribution in [1.29, 1.82) is 5.26 Å². The largest absolute Gasteiger partial charge is 0.377 e. The zero-order valence-electron chi connectivity index (χ0n) is 12.1. The van der Waals surface area contributed by atoms with Crippen LogP contribution in [-0.4, -0.2) is 37.7 Å². The van der Waals surface area contributed by atoms with E-state index >= 15 is 0 Å². The molecule has 0 radical (unpaired) electrons. The average Bonchev–Trinajstić information content (AvgIpc) is 2.46. The third-order valence-corrected chi connectivity index (χ3v) is 3.27. The van der Waals surface area contributed by atoms with Gasteiger partial charge in [0, 0.05) is 18.3 Å². The molecule has 112 valence electrons. The van der Waals surface area contributed by atoms with Crippen LogP contribution in [-0.2, 0) is 9.53 Å². The second kappa shape index (κ2) is 6.55. The zero-order valence-corrected chi connectivity index (χ0v) is 12.1. The summed E-state index contributed by atoms with van der Waals surface area (Å²) in [6.45, 7) is 5.01. The normalized spacial score (nSPS) is 18.4. The first kappa shape index (κ1) is 15.3. The number of morpholine rings is 1. The van der Waals surface area contributed by atoms with E-state index in [-0.39, 0.29) is 24.1 Å². The molecule has 1 fully saturated rings. The molecule has 1 aromatic carbocycles. The molecule has 1 heterocycles. The van der Waals surface area contributed by atoms with Gasteiger partial charge in [-0.2, -0.15) is 5.26 Å². The van der Waals surface area contributed by atoms with E-state index in [1.807, 2.05) is 18.7 Å². The minimum atomic E-state index is -0.579. The van der Waals surface area contributed by atoms with Crippen LogP contribution < -0.4 is 10.2 Å². The van der Waals surface area contributed by atoms with Crippen molar-refractivity contribution in [3.63, 3.8) is 0 Å². The van der Waals surface area contributed by atoms with E-state index < -0.39 is 11.9 Å². The summed E-state index contributed by atoms with van der Waals surface area (Å²) in [5.74, 6) is -0.723. The molecule has 1 N–H and O–H groups in total. The Morgan fingerprint density at radius 1 is 1.57 bits per heavy atom. The van der Waals surface area contributed by atoms with Crippen molar-refractivity contribution < 1.29 is 13.9 Å². The van der Waals surface area contributed by atoms with E-state index in [0.29, 0.717) is 18.8 Å². The van der Waals surface area contributed by atoms with Gasteiger partial charge in [0.1, 0.15) is 17.9 Å². The van der Waals surface area contributed by atoms with Gasteiger partial charge in [0.15, 0.2) is 0 Å². The standard InChI is InChI=1S/C15H18FN3O2/c1-10(2)18-15(20)14-9-21-6-5-19(14)12-4-3-11(8-17)13(16)7-12/h3-4,7,10,14H,5-6,9H2,1-2H3,(H,18,20). The van der Waals surface area contributed by atoms with Gasteiger partial charge >= 0.3 is 0 Å². The highest BCUT2D eigenvalue weighted by Crippen LogP contribution is 2.22. The fraction of sp³-hybridized carbons (Fsp3) is 0.467. The lowest BCUT2D eigenvalue weighted by Gasteiger charge is -2.36. The van der Waals surface area contributed by atoms with E-state index in [4.69, 9.17) is 10.00 Å². The quantitative estimate of drug-likeness (QED) is 0.915. The SMILES string of the molecule is CC(C)NC(=O)C1COCCN1c1ccc(C#N)c(F)c1. The van der Waals surface area contributed by atoms with E-state index in [0.717, 1.165) is 0 Å². The van der Waals surface area contributed by atoms with Gasteiger partial charge in [-0.05, 0) is 32.0 Å². The fourth-order valence-corrected chi connectivity index (χ4v) is 2.28. The van der Waals surface area contributed by atoms with Crippen LogP contribution in [0.4, 0.5) is 10.1 Å². The molecular weight excluding hydrogens is 273 g/mol. The Morgan fingerprint density at radius 2 is 2.33 bits per heavy atom. The second-order valence-electron chi connectivity index (χ2n) is 5.22. The van der Waals surface area contributed by atoms with Crippen LogP contribution in [0.25, 0.3) is 0 Å². The average molecular weight is 291 g/mol. The van der Waals surface area contributed by atoms with Gasteiger partial charge in [0.2, 0.25) is 5.91 Å². The Bertz CT molecular complexity index is 569. The van der Waals surface area contributed by atoms with Gasteiger partial charge in [-0.25, -0.2) is 4.39 Å². The third kappa shape index (κ3) is 3.50. The topological polar surface area (TPSA) is 65.4 Å². The van der Waals surface area contributed by atoms with E-state index in [2.05, 4.69) is 5.32 Å². The van der Waals surface area contributed by atoms with Crippen molar-refractivity contribution in [3.8, 4) is 6.07 Å². The summed E-state index contributed by atoms with van der Waals surface area (Å²) < 4.78 is 19.1. The summed E-state index contributed by atoms with van der Waals surface area (Å²) in [7, 11) is 0. The number of rotatable bonds is 3. The molecule has 1 saturated heterocycles. The van der Waals surface area contributed by atoms with Crippen molar-refractivity contribution in [1.82, 2.24) is 5.32 Å². The van der Waals surface area contributed by atoms with Crippen molar-refractivity contribution in [2.45, 2.75) is 25.9 Å². The lowest BCUT2D eigenvalue weighted by atomic mass is 10.1. The number of nitrogens with zero attached hydrogens (tertiary/aromatic N) is 2. The van der Waals surface area contributed by atoms with Crippen LogP contribution in [0.15, 0.2) is 18.2 Å². The number of amides is 1. The zero-order chi connectivity index (χ0) is 15.4. The summed E-state index contributed by atoms with van der Waals surface area (Å²) in [4.78, 5) is 14.0. The minimum Gasteiger partial charge on any atom is -0.377 e. The maximum atomic E-state index is 13.8. The molecule has 1 aliphatic heterocycles. The molecule has 0 aromatic heterocycles. The first-order valence-corrected chi connectivity index (χ1v) is 6.87. The molecule has 1 amide bonds. The van der Waals surface area contributed by atoms with Gasteiger partial charge in [-0.1, -0.05) is 0 Å². The number of benzene rings is 1. The van der Waals surface area contributed by atoms with Crippen LogP contribution in [0.5, 0.6) is 0 Å². The van der Waals surface area contributed by atoms with Gasteiger partial charge in [-0.15, -0.1) is 0 Å². The van der Waals surface area contributed by atoms with Gasteiger partial charge < -0.3 is 15.0 Å². The predicted molar refractivity (Wildman–Crippen MR) is 76.3 cm³/mol. The molecule has 1 aliphatic rings. The smallest absolute Gasteiger partial charge is 0.245 e. The molecule has 0 bridgehead atoms. The molecule has 1 atom stereocenters. The van der Waals surface area contributed by atoms with Gasteiger partial charge in [0.05, 0.1) is 18.8 Å². The highest BCUT2D eigenvalue weighted by Gasteiger charge is 2.30. The Balaban J connectivity index is 2.24. The Morgan fingerprint density at radius 3 is 2.95 bits per heavy atom.